The van der Waals surface area contributed by atoms with Crippen molar-refractivity contribution in [3.63, 3.8) is 0 Å². The maximum atomic E-state index is 11.4. The standard InChI is InChI=1S/C16H12N2O4/c1-9-3-2-4-10(7-9)14-17-13(16(21)22)12-6-5-11(15(19)20)8-18(12)14/h2-8H,1H3,(H,19,20)(H,21,22). The molecule has 6 heteroatoms. The lowest BCUT2D eigenvalue weighted by Gasteiger charge is -2.03. The van der Waals surface area contributed by atoms with Gasteiger partial charge in [-0.25, -0.2) is 14.6 Å². The van der Waals surface area contributed by atoms with Crippen molar-refractivity contribution in [2.45, 2.75) is 6.92 Å². The van der Waals surface area contributed by atoms with E-state index in [0.29, 0.717) is 11.3 Å². The fraction of sp³-hybridized carbons (Fsp3) is 0.0625. The fourth-order valence-electron chi connectivity index (χ4n) is 2.36. The van der Waals surface area contributed by atoms with Crippen LogP contribution in [0.25, 0.3) is 16.9 Å². The Hall–Kier alpha value is -3.15. The molecule has 2 heterocycles. The van der Waals surface area contributed by atoms with E-state index in [2.05, 4.69) is 4.98 Å². The highest BCUT2D eigenvalue weighted by molar-refractivity contribution is 5.96. The average molecular weight is 296 g/mol. The Morgan fingerprint density at radius 3 is 2.50 bits per heavy atom. The highest BCUT2D eigenvalue weighted by Crippen LogP contribution is 2.24. The van der Waals surface area contributed by atoms with Gasteiger partial charge in [-0.15, -0.1) is 0 Å². The first-order chi connectivity index (χ1) is 10.5. The summed E-state index contributed by atoms with van der Waals surface area (Å²) in [6, 6.07) is 10.3. The van der Waals surface area contributed by atoms with E-state index in [1.807, 2.05) is 25.1 Å². The second-order valence-corrected chi connectivity index (χ2v) is 4.94. The molecule has 0 amide bonds. The van der Waals surface area contributed by atoms with Gasteiger partial charge < -0.3 is 10.2 Å². The van der Waals surface area contributed by atoms with Crippen LogP contribution in [0.3, 0.4) is 0 Å². The molecule has 0 saturated carbocycles. The molecule has 0 aliphatic carbocycles. The second kappa shape index (κ2) is 5.00. The maximum absolute atomic E-state index is 11.4. The summed E-state index contributed by atoms with van der Waals surface area (Å²) in [7, 11) is 0. The first kappa shape index (κ1) is 13.8. The summed E-state index contributed by atoms with van der Waals surface area (Å²) in [5, 5.41) is 18.4. The lowest BCUT2D eigenvalue weighted by atomic mass is 10.1. The van der Waals surface area contributed by atoms with Crippen LogP contribution in [-0.2, 0) is 0 Å². The minimum atomic E-state index is -1.15. The number of aromatic carboxylic acids is 2. The number of nitrogens with zero attached hydrogens (tertiary/aromatic N) is 2. The number of pyridine rings is 1. The Balaban J connectivity index is 2.35. The van der Waals surface area contributed by atoms with Crippen LogP contribution >= 0.6 is 0 Å². The number of imidazole rings is 1. The number of carbonyl (C=O) groups is 2. The fourth-order valence-corrected chi connectivity index (χ4v) is 2.36. The van der Waals surface area contributed by atoms with Gasteiger partial charge in [-0.2, -0.15) is 0 Å². The SMILES string of the molecule is Cc1cccc(-c2nc(C(=O)O)c3ccc(C(=O)O)cn23)c1. The van der Waals surface area contributed by atoms with Crippen LogP contribution < -0.4 is 0 Å². The van der Waals surface area contributed by atoms with Crippen LogP contribution in [0, 0.1) is 6.92 Å². The molecule has 3 aromatic rings. The van der Waals surface area contributed by atoms with Gasteiger partial charge in [-0.05, 0) is 25.1 Å². The van der Waals surface area contributed by atoms with Crippen LogP contribution in [0.4, 0.5) is 0 Å². The molecule has 0 saturated heterocycles. The molecule has 0 unspecified atom stereocenters. The number of hydrogen-bond donors (Lipinski definition) is 2. The van der Waals surface area contributed by atoms with Gasteiger partial charge in [-0.1, -0.05) is 23.8 Å². The third kappa shape index (κ3) is 2.20. The molecule has 2 N–H and O–H groups in total. The predicted molar refractivity (Wildman–Crippen MR) is 79.3 cm³/mol. The first-order valence-corrected chi connectivity index (χ1v) is 6.53. The topological polar surface area (TPSA) is 91.9 Å². The lowest BCUT2D eigenvalue weighted by Crippen LogP contribution is -2.00. The largest absolute Gasteiger partial charge is 0.478 e. The smallest absolute Gasteiger partial charge is 0.356 e. The van der Waals surface area contributed by atoms with Gasteiger partial charge in [0.15, 0.2) is 5.69 Å². The van der Waals surface area contributed by atoms with E-state index in [4.69, 9.17) is 5.11 Å². The van der Waals surface area contributed by atoms with Crippen molar-refractivity contribution < 1.29 is 19.8 Å². The van der Waals surface area contributed by atoms with Gasteiger partial charge in [0.25, 0.3) is 0 Å². The van der Waals surface area contributed by atoms with Gasteiger partial charge >= 0.3 is 11.9 Å². The van der Waals surface area contributed by atoms with Gasteiger partial charge in [0, 0.05) is 11.8 Å². The van der Waals surface area contributed by atoms with E-state index in [-0.39, 0.29) is 11.3 Å². The summed E-state index contributed by atoms with van der Waals surface area (Å²) in [6.45, 7) is 1.92. The Morgan fingerprint density at radius 2 is 1.86 bits per heavy atom. The zero-order valence-electron chi connectivity index (χ0n) is 11.6. The lowest BCUT2D eigenvalue weighted by molar-refractivity contribution is 0.0685. The summed E-state index contributed by atoms with van der Waals surface area (Å²) in [6.07, 6.45) is 1.38. The number of benzene rings is 1. The highest BCUT2D eigenvalue weighted by Gasteiger charge is 2.19. The number of carboxylic acid groups (broad SMARTS) is 2. The van der Waals surface area contributed by atoms with Crippen molar-refractivity contribution in [2.24, 2.45) is 0 Å². The third-order valence-electron chi connectivity index (χ3n) is 3.36. The minimum absolute atomic E-state index is 0.0655. The first-order valence-electron chi connectivity index (χ1n) is 6.53. The number of aryl methyl sites for hydroxylation is 1. The minimum Gasteiger partial charge on any atom is -0.478 e. The molecular formula is C16H12N2O4. The van der Waals surface area contributed by atoms with Gasteiger partial charge in [0.1, 0.15) is 5.82 Å². The van der Waals surface area contributed by atoms with Gasteiger partial charge in [-0.3, -0.25) is 4.40 Å². The predicted octanol–water partition coefficient (Wildman–Crippen LogP) is 2.71. The van der Waals surface area contributed by atoms with Crippen molar-refractivity contribution in [1.82, 2.24) is 9.38 Å². The third-order valence-corrected chi connectivity index (χ3v) is 3.36. The quantitative estimate of drug-likeness (QED) is 0.775. The summed E-state index contributed by atoms with van der Waals surface area (Å²) < 4.78 is 1.50. The Bertz CT molecular complexity index is 912. The zero-order valence-corrected chi connectivity index (χ0v) is 11.6. The normalized spacial score (nSPS) is 10.8. The van der Waals surface area contributed by atoms with E-state index in [9.17, 15) is 14.7 Å². The summed E-state index contributed by atoms with van der Waals surface area (Å²) in [4.78, 5) is 26.7. The molecule has 110 valence electrons. The molecule has 0 bridgehead atoms. The summed E-state index contributed by atoms with van der Waals surface area (Å²) in [5.41, 5.74) is 2.05. The Kier molecular flexibility index (Phi) is 3.14. The molecular weight excluding hydrogens is 284 g/mol. The molecule has 0 atom stereocenters. The second-order valence-electron chi connectivity index (χ2n) is 4.94. The molecule has 22 heavy (non-hydrogen) atoms. The van der Waals surface area contributed by atoms with Crippen molar-refractivity contribution in [1.29, 1.82) is 0 Å². The van der Waals surface area contributed by atoms with Crippen molar-refractivity contribution in [3.05, 3.63) is 59.4 Å². The molecule has 0 radical (unpaired) electrons. The molecule has 0 aliphatic heterocycles. The molecule has 0 spiro atoms. The van der Waals surface area contributed by atoms with Crippen LogP contribution in [0.2, 0.25) is 0 Å². The van der Waals surface area contributed by atoms with E-state index in [0.717, 1.165) is 11.1 Å². The van der Waals surface area contributed by atoms with Crippen molar-refractivity contribution >= 4 is 17.5 Å². The van der Waals surface area contributed by atoms with Crippen molar-refractivity contribution in [3.8, 4) is 11.4 Å². The number of fused-ring (bicyclic) bond motifs is 1. The number of rotatable bonds is 3. The molecule has 2 aromatic heterocycles. The molecule has 0 fully saturated rings. The monoisotopic (exact) mass is 296 g/mol. The maximum Gasteiger partial charge on any atom is 0.356 e. The Morgan fingerprint density at radius 1 is 1.09 bits per heavy atom. The molecule has 0 aliphatic rings. The number of aromatic nitrogens is 2. The highest BCUT2D eigenvalue weighted by atomic mass is 16.4. The summed E-state index contributed by atoms with van der Waals surface area (Å²) >= 11 is 0. The van der Waals surface area contributed by atoms with E-state index < -0.39 is 11.9 Å². The van der Waals surface area contributed by atoms with Gasteiger partial charge in [0.2, 0.25) is 0 Å². The van der Waals surface area contributed by atoms with E-state index in [1.54, 1.807) is 6.07 Å². The number of carboxylic acids is 2. The Labute approximate surface area is 125 Å². The van der Waals surface area contributed by atoms with Crippen LogP contribution in [0.15, 0.2) is 42.6 Å². The molecule has 1 aromatic carbocycles. The van der Waals surface area contributed by atoms with Crippen molar-refractivity contribution in [2.75, 3.05) is 0 Å². The van der Waals surface area contributed by atoms with Crippen LogP contribution in [0.1, 0.15) is 26.4 Å². The molecule has 6 nitrogen and oxygen atoms in total. The van der Waals surface area contributed by atoms with Crippen LogP contribution in [0.5, 0.6) is 0 Å². The zero-order chi connectivity index (χ0) is 15.9. The van der Waals surface area contributed by atoms with E-state index >= 15 is 0 Å². The molecule has 3 rings (SSSR count). The number of hydrogen-bond acceptors (Lipinski definition) is 3. The van der Waals surface area contributed by atoms with Crippen LogP contribution in [-0.4, -0.2) is 31.5 Å². The summed E-state index contributed by atoms with van der Waals surface area (Å²) in [5.74, 6) is -1.83. The van der Waals surface area contributed by atoms with Gasteiger partial charge in [0.05, 0.1) is 11.1 Å². The average Bonchev–Trinajstić information content (AvgIpc) is 2.86. The van der Waals surface area contributed by atoms with E-state index in [1.165, 1.54) is 22.7 Å².